The maximum atomic E-state index is 12.3. The van der Waals surface area contributed by atoms with E-state index >= 15 is 0 Å². The van der Waals surface area contributed by atoms with Gasteiger partial charge in [-0.1, -0.05) is 32.9 Å². The molecule has 2 aromatic carbocycles. The second-order valence-corrected chi connectivity index (χ2v) is 7.68. The van der Waals surface area contributed by atoms with E-state index in [0.29, 0.717) is 5.75 Å². The first-order valence-corrected chi connectivity index (χ1v) is 9.08. The molecular weight excluding hydrogens is 334 g/mol. The van der Waals surface area contributed by atoms with Gasteiger partial charge in [0.2, 0.25) is 5.91 Å². The number of rotatable bonds is 6. The number of anilines is 1. The number of para-hydroxylation sites is 1. The van der Waals surface area contributed by atoms with Gasteiger partial charge < -0.3 is 14.8 Å². The predicted molar refractivity (Wildman–Crippen MR) is 104 cm³/mol. The maximum Gasteiger partial charge on any atom is 0.229 e. The lowest BCUT2D eigenvalue weighted by Gasteiger charge is -2.19. The molecule has 134 valence electrons. The van der Waals surface area contributed by atoms with Crippen molar-refractivity contribution in [2.24, 2.45) is 5.41 Å². The molecule has 1 amide bonds. The lowest BCUT2D eigenvalue weighted by Crippen LogP contribution is -2.27. The SMILES string of the molecule is COc1ccc(OC)c(CSc2ccccc2NC(=O)C(C)(C)C)c1. The normalized spacial score (nSPS) is 11.1. The van der Waals surface area contributed by atoms with E-state index in [-0.39, 0.29) is 5.91 Å². The fraction of sp³-hybridized carbons (Fsp3) is 0.350. The highest BCUT2D eigenvalue weighted by Crippen LogP contribution is 2.34. The summed E-state index contributed by atoms with van der Waals surface area (Å²) in [6.45, 7) is 5.71. The molecule has 0 unspecified atom stereocenters. The van der Waals surface area contributed by atoms with Crippen LogP contribution in [0.3, 0.4) is 0 Å². The second kappa shape index (κ2) is 8.30. The van der Waals surface area contributed by atoms with E-state index in [2.05, 4.69) is 5.32 Å². The first-order chi connectivity index (χ1) is 11.8. The Bertz CT molecular complexity index is 738. The minimum atomic E-state index is -0.437. The van der Waals surface area contributed by atoms with Crippen LogP contribution in [0.2, 0.25) is 0 Å². The van der Waals surface area contributed by atoms with Crippen LogP contribution in [0.4, 0.5) is 5.69 Å². The van der Waals surface area contributed by atoms with Crippen molar-refractivity contribution >= 4 is 23.4 Å². The van der Waals surface area contributed by atoms with Crippen molar-refractivity contribution < 1.29 is 14.3 Å². The van der Waals surface area contributed by atoms with Gasteiger partial charge in [0, 0.05) is 21.6 Å². The summed E-state index contributed by atoms with van der Waals surface area (Å²) in [5.41, 5.74) is 1.44. The molecule has 5 heteroatoms. The first kappa shape index (κ1) is 19.2. The molecule has 0 spiro atoms. The predicted octanol–water partition coefficient (Wildman–Crippen LogP) is 4.98. The largest absolute Gasteiger partial charge is 0.497 e. The van der Waals surface area contributed by atoms with Crippen molar-refractivity contribution in [3.05, 3.63) is 48.0 Å². The molecule has 2 rings (SSSR count). The van der Waals surface area contributed by atoms with Gasteiger partial charge in [0.05, 0.1) is 19.9 Å². The monoisotopic (exact) mass is 359 g/mol. The third-order valence-electron chi connectivity index (χ3n) is 3.69. The fourth-order valence-electron chi connectivity index (χ4n) is 2.16. The summed E-state index contributed by atoms with van der Waals surface area (Å²) in [6, 6.07) is 13.6. The summed E-state index contributed by atoms with van der Waals surface area (Å²) in [5, 5.41) is 3.02. The molecule has 25 heavy (non-hydrogen) atoms. The quantitative estimate of drug-likeness (QED) is 0.739. The molecule has 4 nitrogen and oxygen atoms in total. The Morgan fingerprint density at radius 3 is 2.44 bits per heavy atom. The van der Waals surface area contributed by atoms with Gasteiger partial charge in [-0.25, -0.2) is 0 Å². The zero-order valence-electron chi connectivity index (χ0n) is 15.4. The van der Waals surface area contributed by atoms with Crippen LogP contribution in [0.1, 0.15) is 26.3 Å². The number of benzene rings is 2. The van der Waals surface area contributed by atoms with Crippen LogP contribution in [0, 0.1) is 5.41 Å². The molecular formula is C20H25NO3S. The number of amides is 1. The summed E-state index contributed by atoms with van der Waals surface area (Å²) in [4.78, 5) is 13.3. The van der Waals surface area contributed by atoms with Gasteiger partial charge in [0.25, 0.3) is 0 Å². The smallest absolute Gasteiger partial charge is 0.229 e. The number of hydrogen-bond donors (Lipinski definition) is 1. The van der Waals surface area contributed by atoms with Crippen molar-refractivity contribution in [2.45, 2.75) is 31.4 Å². The number of ether oxygens (including phenoxy) is 2. The lowest BCUT2D eigenvalue weighted by molar-refractivity contribution is -0.123. The van der Waals surface area contributed by atoms with Crippen LogP contribution in [0.15, 0.2) is 47.4 Å². The average molecular weight is 359 g/mol. The Morgan fingerprint density at radius 2 is 1.80 bits per heavy atom. The van der Waals surface area contributed by atoms with Gasteiger partial charge in [0.1, 0.15) is 11.5 Å². The minimum Gasteiger partial charge on any atom is -0.497 e. The number of thioether (sulfide) groups is 1. The van der Waals surface area contributed by atoms with Crippen LogP contribution in [-0.2, 0) is 10.5 Å². The van der Waals surface area contributed by atoms with Crippen LogP contribution in [0.5, 0.6) is 11.5 Å². The average Bonchev–Trinajstić information content (AvgIpc) is 2.59. The Labute approximate surface area is 153 Å². The zero-order valence-corrected chi connectivity index (χ0v) is 16.2. The summed E-state index contributed by atoms with van der Waals surface area (Å²) in [7, 11) is 3.31. The summed E-state index contributed by atoms with van der Waals surface area (Å²) in [6.07, 6.45) is 0. The summed E-state index contributed by atoms with van der Waals surface area (Å²) >= 11 is 1.65. The third kappa shape index (κ3) is 5.16. The van der Waals surface area contributed by atoms with E-state index in [4.69, 9.17) is 9.47 Å². The van der Waals surface area contributed by atoms with E-state index < -0.39 is 5.41 Å². The first-order valence-electron chi connectivity index (χ1n) is 8.09. The highest BCUT2D eigenvalue weighted by molar-refractivity contribution is 7.98. The highest BCUT2D eigenvalue weighted by Gasteiger charge is 2.22. The standard InChI is InChI=1S/C20H25NO3S/c1-20(2,3)19(22)21-16-8-6-7-9-18(16)25-13-14-12-15(23-4)10-11-17(14)24-5/h6-12H,13H2,1-5H3,(H,21,22). The second-order valence-electron chi connectivity index (χ2n) is 6.67. The van der Waals surface area contributed by atoms with Crippen LogP contribution in [0.25, 0.3) is 0 Å². The van der Waals surface area contributed by atoms with Gasteiger partial charge in [-0.15, -0.1) is 11.8 Å². The molecule has 1 N–H and O–H groups in total. The molecule has 2 aromatic rings. The van der Waals surface area contributed by atoms with E-state index in [1.807, 2.05) is 63.2 Å². The topological polar surface area (TPSA) is 47.6 Å². The van der Waals surface area contributed by atoms with Gasteiger partial charge in [0.15, 0.2) is 0 Å². The van der Waals surface area contributed by atoms with Crippen molar-refractivity contribution in [3.8, 4) is 11.5 Å². The molecule has 0 aromatic heterocycles. The number of hydrogen-bond acceptors (Lipinski definition) is 4. The van der Waals surface area contributed by atoms with E-state index in [0.717, 1.165) is 27.6 Å². The third-order valence-corrected chi connectivity index (χ3v) is 4.81. The molecule has 0 atom stereocenters. The number of carbonyl (C=O) groups excluding carboxylic acids is 1. The number of nitrogens with one attached hydrogen (secondary N) is 1. The van der Waals surface area contributed by atoms with E-state index in [9.17, 15) is 4.79 Å². The Hall–Kier alpha value is -2.14. The molecule has 0 bridgehead atoms. The highest BCUT2D eigenvalue weighted by atomic mass is 32.2. The zero-order chi connectivity index (χ0) is 18.4. The van der Waals surface area contributed by atoms with Crippen LogP contribution >= 0.6 is 11.8 Å². The Morgan fingerprint density at radius 1 is 1.08 bits per heavy atom. The van der Waals surface area contributed by atoms with E-state index in [1.54, 1.807) is 26.0 Å². The van der Waals surface area contributed by atoms with Gasteiger partial charge in [-0.05, 0) is 30.3 Å². The van der Waals surface area contributed by atoms with Gasteiger partial charge in [-0.3, -0.25) is 4.79 Å². The summed E-state index contributed by atoms with van der Waals surface area (Å²) in [5.74, 6) is 2.33. The van der Waals surface area contributed by atoms with Gasteiger partial charge in [-0.2, -0.15) is 0 Å². The maximum absolute atomic E-state index is 12.3. The lowest BCUT2D eigenvalue weighted by atomic mass is 9.95. The van der Waals surface area contributed by atoms with Crippen molar-refractivity contribution in [1.82, 2.24) is 0 Å². The molecule has 0 aliphatic heterocycles. The minimum absolute atomic E-state index is 0.000453. The van der Waals surface area contributed by atoms with Crippen LogP contribution < -0.4 is 14.8 Å². The van der Waals surface area contributed by atoms with E-state index in [1.165, 1.54) is 0 Å². The van der Waals surface area contributed by atoms with Gasteiger partial charge >= 0.3 is 0 Å². The molecule has 0 aliphatic carbocycles. The number of carbonyl (C=O) groups is 1. The summed E-state index contributed by atoms with van der Waals surface area (Å²) < 4.78 is 10.7. The molecule has 0 saturated carbocycles. The van der Waals surface area contributed by atoms with Crippen molar-refractivity contribution in [1.29, 1.82) is 0 Å². The van der Waals surface area contributed by atoms with Crippen molar-refractivity contribution in [2.75, 3.05) is 19.5 Å². The molecule has 0 aliphatic rings. The number of methoxy groups -OCH3 is 2. The molecule has 0 radical (unpaired) electrons. The molecule has 0 heterocycles. The Balaban J connectivity index is 2.18. The van der Waals surface area contributed by atoms with Crippen molar-refractivity contribution in [3.63, 3.8) is 0 Å². The van der Waals surface area contributed by atoms with Crippen LogP contribution in [-0.4, -0.2) is 20.1 Å². The Kier molecular flexibility index (Phi) is 6.37. The fourth-order valence-corrected chi connectivity index (χ4v) is 3.14. The molecule has 0 saturated heterocycles. The molecule has 0 fully saturated rings.